The van der Waals surface area contributed by atoms with Crippen LogP contribution in [-0.2, 0) is 19.4 Å². The van der Waals surface area contributed by atoms with E-state index in [1.807, 2.05) is 6.20 Å². The van der Waals surface area contributed by atoms with Gasteiger partial charge in [-0.15, -0.1) is 0 Å². The number of nitrogens with one attached hydrogen (secondary N) is 1. The number of aliphatic hydroxyl groups excluding tert-OH is 1. The minimum absolute atomic E-state index is 0.0173. The predicted molar refractivity (Wildman–Crippen MR) is 108 cm³/mol. The van der Waals surface area contributed by atoms with Crippen molar-refractivity contribution < 1.29 is 9.84 Å². The van der Waals surface area contributed by atoms with Crippen molar-refractivity contribution in [2.24, 2.45) is 0 Å². The van der Waals surface area contributed by atoms with Crippen molar-refractivity contribution in [2.45, 2.75) is 65.5 Å². The zero-order chi connectivity index (χ0) is 19.6. The lowest BCUT2D eigenvalue weighted by Crippen LogP contribution is -2.25. The molecule has 0 bridgehead atoms. The van der Waals surface area contributed by atoms with Crippen molar-refractivity contribution in [3.63, 3.8) is 0 Å². The van der Waals surface area contributed by atoms with E-state index in [4.69, 9.17) is 10.5 Å². The van der Waals surface area contributed by atoms with Gasteiger partial charge in [0, 0.05) is 6.20 Å². The van der Waals surface area contributed by atoms with Crippen molar-refractivity contribution in [1.82, 2.24) is 15.0 Å². The Balaban J connectivity index is 2.17. The van der Waals surface area contributed by atoms with Crippen LogP contribution in [0.2, 0.25) is 0 Å². The van der Waals surface area contributed by atoms with Gasteiger partial charge >= 0.3 is 0 Å². The van der Waals surface area contributed by atoms with Crippen LogP contribution in [0.15, 0.2) is 18.5 Å². The van der Waals surface area contributed by atoms with E-state index in [1.165, 1.54) is 11.1 Å². The number of nitrogens with two attached hydrogens (primary N) is 1. The van der Waals surface area contributed by atoms with Crippen LogP contribution < -0.4 is 15.8 Å². The van der Waals surface area contributed by atoms with Gasteiger partial charge in [0.15, 0.2) is 11.6 Å². The van der Waals surface area contributed by atoms with Crippen molar-refractivity contribution in [1.29, 1.82) is 0 Å². The molecule has 0 aliphatic heterocycles. The molecule has 0 spiro atoms. The zero-order valence-corrected chi connectivity index (χ0v) is 16.5. The molecule has 2 heterocycles. The molecule has 4 N–H and O–H groups in total. The first-order valence-electron chi connectivity index (χ1n) is 9.71. The Kier molecular flexibility index (Phi) is 8.26. The quantitative estimate of drug-likeness (QED) is 0.555. The standard InChI is InChI=1S/C20H31N5O2/c1-4-7-8-15(12-26)24-19-18(11-23-20(21)25-19)27-13-17-16(6-3)14(5-2)9-10-22-17/h9-11,15,26H,4-8,12-13H2,1-3H3,(H3,21,23,24,25)/t15-/m0/s1. The second kappa shape index (κ2) is 10.7. The van der Waals surface area contributed by atoms with Crippen molar-refractivity contribution in [3.8, 4) is 5.75 Å². The largest absolute Gasteiger partial charge is 0.482 e. The number of hydrogen-bond acceptors (Lipinski definition) is 7. The van der Waals surface area contributed by atoms with Gasteiger partial charge in [0.1, 0.15) is 6.61 Å². The van der Waals surface area contributed by atoms with Gasteiger partial charge in [0.05, 0.1) is 24.5 Å². The normalized spacial score (nSPS) is 12.0. The van der Waals surface area contributed by atoms with Gasteiger partial charge in [-0.2, -0.15) is 4.98 Å². The van der Waals surface area contributed by atoms with Crippen LogP contribution in [0.5, 0.6) is 5.75 Å². The van der Waals surface area contributed by atoms with Crippen LogP contribution in [0.3, 0.4) is 0 Å². The Labute approximate surface area is 161 Å². The first-order valence-corrected chi connectivity index (χ1v) is 9.71. The third kappa shape index (κ3) is 5.79. The average molecular weight is 374 g/mol. The van der Waals surface area contributed by atoms with E-state index < -0.39 is 0 Å². The summed E-state index contributed by atoms with van der Waals surface area (Å²) in [6.07, 6.45) is 8.18. The highest BCUT2D eigenvalue weighted by Crippen LogP contribution is 2.25. The summed E-state index contributed by atoms with van der Waals surface area (Å²) in [4.78, 5) is 12.8. The Morgan fingerprint density at radius 1 is 1.22 bits per heavy atom. The zero-order valence-electron chi connectivity index (χ0n) is 16.5. The van der Waals surface area contributed by atoms with Crippen LogP contribution in [0.4, 0.5) is 11.8 Å². The number of rotatable bonds is 11. The lowest BCUT2D eigenvalue weighted by Gasteiger charge is -2.19. The Morgan fingerprint density at radius 3 is 2.70 bits per heavy atom. The molecule has 7 heteroatoms. The first-order chi connectivity index (χ1) is 13.1. The number of aliphatic hydroxyl groups is 1. The molecule has 0 saturated heterocycles. The first kappa shape index (κ1) is 20.9. The highest BCUT2D eigenvalue weighted by molar-refractivity contribution is 5.52. The fourth-order valence-electron chi connectivity index (χ4n) is 3.06. The number of nitrogens with zero attached hydrogens (tertiary/aromatic N) is 3. The third-order valence-electron chi connectivity index (χ3n) is 4.58. The van der Waals surface area contributed by atoms with Crippen LogP contribution in [-0.4, -0.2) is 32.7 Å². The highest BCUT2D eigenvalue weighted by Gasteiger charge is 2.15. The summed E-state index contributed by atoms with van der Waals surface area (Å²) in [6.45, 7) is 6.73. The third-order valence-corrected chi connectivity index (χ3v) is 4.58. The van der Waals surface area contributed by atoms with Gasteiger partial charge < -0.3 is 20.9 Å². The molecule has 148 valence electrons. The Morgan fingerprint density at radius 2 is 2.04 bits per heavy atom. The number of ether oxygens (including phenoxy) is 1. The topological polar surface area (TPSA) is 106 Å². The summed E-state index contributed by atoms with van der Waals surface area (Å²) in [6, 6.07) is 1.95. The van der Waals surface area contributed by atoms with E-state index in [1.54, 1.807) is 6.20 Å². The molecule has 2 rings (SSSR count). The van der Waals surface area contributed by atoms with Gasteiger partial charge in [0.25, 0.3) is 0 Å². The molecule has 2 aromatic rings. The lowest BCUT2D eigenvalue weighted by molar-refractivity contribution is 0.265. The van der Waals surface area contributed by atoms with Crippen LogP contribution in [0.1, 0.15) is 56.9 Å². The van der Waals surface area contributed by atoms with Crippen molar-refractivity contribution in [2.75, 3.05) is 17.7 Å². The van der Waals surface area contributed by atoms with Crippen molar-refractivity contribution >= 4 is 11.8 Å². The highest BCUT2D eigenvalue weighted by atomic mass is 16.5. The molecule has 7 nitrogen and oxygen atoms in total. The molecule has 0 aliphatic rings. The van der Waals surface area contributed by atoms with E-state index in [0.29, 0.717) is 18.2 Å². The summed E-state index contributed by atoms with van der Waals surface area (Å²) in [5, 5.41) is 12.9. The molecule has 0 saturated carbocycles. The molecule has 1 atom stereocenters. The number of nitrogen functional groups attached to an aromatic ring is 1. The van der Waals surface area contributed by atoms with E-state index in [0.717, 1.165) is 37.8 Å². The lowest BCUT2D eigenvalue weighted by atomic mass is 10.0. The van der Waals surface area contributed by atoms with Crippen LogP contribution in [0, 0.1) is 0 Å². The van der Waals surface area contributed by atoms with Gasteiger partial charge in [0.2, 0.25) is 5.95 Å². The van der Waals surface area contributed by atoms with Gasteiger partial charge in [-0.3, -0.25) is 4.98 Å². The number of anilines is 2. The fourth-order valence-corrected chi connectivity index (χ4v) is 3.06. The summed E-state index contributed by atoms with van der Waals surface area (Å²) in [5.74, 6) is 1.17. The van der Waals surface area contributed by atoms with Gasteiger partial charge in [-0.1, -0.05) is 33.6 Å². The SMILES string of the molecule is CCCC[C@@H](CO)Nc1nc(N)ncc1OCc1nccc(CC)c1CC. The van der Waals surface area contributed by atoms with E-state index in [2.05, 4.69) is 47.1 Å². The summed E-state index contributed by atoms with van der Waals surface area (Å²) in [7, 11) is 0. The minimum Gasteiger partial charge on any atom is -0.482 e. The summed E-state index contributed by atoms with van der Waals surface area (Å²) < 4.78 is 5.98. The van der Waals surface area contributed by atoms with Crippen LogP contribution >= 0.6 is 0 Å². The van der Waals surface area contributed by atoms with Crippen molar-refractivity contribution in [3.05, 3.63) is 35.3 Å². The summed E-state index contributed by atoms with van der Waals surface area (Å²) in [5.41, 5.74) is 9.18. The van der Waals surface area contributed by atoms with Gasteiger partial charge in [-0.25, -0.2) is 4.98 Å². The molecule has 0 fully saturated rings. The maximum absolute atomic E-state index is 9.62. The molecule has 27 heavy (non-hydrogen) atoms. The Hall–Kier alpha value is -2.41. The van der Waals surface area contributed by atoms with Crippen LogP contribution in [0.25, 0.3) is 0 Å². The average Bonchev–Trinajstić information content (AvgIpc) is 2.69. The van der Waals surface area contributed by atoms with E-state index in [-0.39, 0.29) is 18.6 Å². The molecule has 0 aromatic carbocycles. The number of aryl methyl sites for hydroxylation is 1. The van der Waals surface area contributed by atoms with E-state index >= 15 is 0 Å². The number of unbranched alkanes of at least 4 members (excludes halogenated alkanes) is 1. The molecular formula is C20H31N5O2. The van der Waals surface area contributed by atoms with E-state index in [9.17, 15) is 5.11 Å². The molecule has 0 radical (unpaired) electrons. The van der Waals surface area contributed by atoms with Gasteiger partial charge in [-0.05, 0) is 36.5 Å². The fraction of sp³-hybridized carbons (Fsp3) is 0.550. The second-order valence-corrected chi connectivity index (χ2v) is 6.50. The number of aromatic nitrogens is 3. The number of hydrogen-bond donors (Lipinski definition) is 3. The molecule has 0 unspecified atom stereocenters. The predicted octanol–water partition coefficient (Wildman–Crippen LogP) is 3.12. The molecule has 0 amide bonds. The maximum Gasteiger partial charge on any atom is 0.222 e. The number of pyridine rings is 1. The monoisotopic (exact) mass is 373 g/mol. The molecule has 2 aromatic heterocycles. The maximum atomic E-state index is 9.62. The molecular weight excluding hydrogens is 342 g/mol. The minimum atomic E-state index is -0.102. The molecule has 0 aliphatic carbocycles. The summed E-state index contributed by atoms with van der Waals surface area (Å²) >= 11 is 0. The smallest absolute Gasteiger partial charge is 0.222 e. The second-order valence-electron chi connectivity index (χ2n) is 6.50. The Bertz CT molecular complexity index is 724.